The number of rotatable bonds is 5. The molecule has 1 saturated carbocycles. The predicted molar refractivity (Wildman–Crippen MR) is 102 cm³/mol. The highest BCUT2D eigenvalue weighted by Gasteiger charge is 2.29. The van der Waals surface area contributed by atoms with E-state index in [9.17, 15) is 0 Å². The van der Waals surface area contributed by atoms with Crippen LogP contribution in [-0.2, 0) is 20.3 Å². The van der Waals surface area contributed by atoms with Gasteiger partial charge in [0.1, 0.15) is 5.82 Å². The highest BCUT2D eigenvalue weighted by atomic mass is 35.5. The average Bonchev–Trinajstić information content (AvgIpc) is 3.42. The van der Waals surface area contributed by atoms with E-state index < -0.39 is 0 Å². The highest BCUT2D eigenvalue weighted by Crippen LogP contribution is 2.38. The van der Waals surface area contributed by atoms with Crippen molar-refractivity contribution >= 4 is 23.8 Å². The van der Waals surface area contributed by atoms with Crippen LogP contribution in [0.15, 0.2) is 24.3 Å². The van der Waals surface area contributed by atoms with Crippen LogP contribution < -0.4 is 0 Å². The van der Waals surface area contributed by atoms with E-state index in [2.05, 4.69) is 26.5 Å². The molecule has 0 bridgehead atoms. The normalized spacial score (nSPS) is 19.4. The molecule has 2 aliphatic rings. The van der Waals surface area contributed by atoms with Crippen molar-refractivity contribution < 1.29 is 0 Å². The van der Waals surface area contributed by atoms with Crippen LogP contribution in [-0.4, -0.2) is 50.3 Å². The summed E-state index contributed by atoms with van der Waals surface area (Å²) in [6, 6.07) is 8.16. The summed E-state index contributed by atoms with van der Waals surface area (Å²) in [5, 5.41) is 5.57. The van der Waals surface area contributed by atoms with Gasteiger partial charge in [-0.1, -0.05) is 23.7 Å². The molecule has 1 saturated heterocycles. The minimum atomic E-state index is 0.629. The van der Waals surface area contributed by atoms with Gasteiger partial charge >= 0.3 is 0 Å². The molecule has 4 rings (SSSR count). The van der Waals surface area contributed by atoms with E-state index in [0.717, 1.165) is 55.0 Å². The van der Waals surface area contributed by atoms with Crippen LogP contribution >= 0.6 is 23.8 Å². The molecule has 7 heteroatoms. The van der Waals surface area contributed by atoms with E-state index in [1.807, 2.05) is 23.9 Å². The van der Waals surface area contributed by atoms with E-state index in [4.69, 9.17) is 28.9 Å². The molecule has 0 radical (unpaired) electrons. The number of aromatic nitrogens is 3. The highest BCUT2D eigenvalue weighted by molar-refractivity contribution is 7.71. The molecule has 5 nitrogen and oxygen atoms in total. The number of benzene rings is 1. The van der Waals surface area contributed by atoms with Crippen LogP contribution in [0.3, 0.4) is 0 Å². The number of nitrogens with zero attached hydrogens (tertiary/aromatic N) is 5. The third-order valence-electron chi connectivity index (χ3n) is 5.14. The first-order valence-corrected chi connectivity index (χ1v) is 9.71. The van der Waals surface area contributed by atoms with Gasteiger partial charge in [-0.3, -0.25) is 9.80 Å². The molecule has 0 amide bonds. The zero-order valence-electron chi connectivity index (χ0n) is 14.6. The molecule has 2 fully saturated rings. The summed E-state index contributed by atoms with van der Waals surface area (Å²) >= 11 is 11.5. The largest absolute Gasteiger partial charge is 0.307 e. The Morgan fingerprint density at radius 2 is 1.72 bits per heavy atom. The van der Waals surface area contributed by atoms with Gasteiger partial charge in [0.2, 0.25) is 0 Å². The molecular formula is C18H24ClN5S. The van der Waals surface area contributed by atoms with Crippen molar-refractivity contribution in [3.63, 3.8) is 0 Å². The van der Waals surface area contributed by atoms with E-state index in [-0.39, 0.29) is 0 Å². The van der Waals surface area contributed by atoms with Crippen LogP contribution in [0.25, 0.3) is 0 Å². The van der Waals surface area contributed by atoms with Gasteiger partial charge in [0, 0.05) is 50.7 Å². The van der Waals surface area contributed by atoms with E-state index in [1.165, 1.54) is 18.4 Å². The summed E-state index contributed by atoms with van der Waals surface area (Å²) in [6.45, 7) is 6.01. The van der Waals surface area contributed by atoms with Crippen LogP contribution in [0.4, 0.5) is 0 Å². The molecule has 134 valence electrons. The monoisotopic (exact) mass is 377 g/mol. The molecule has 0 unspecified atom stereocenters. The minimum absolute atomic E-state index is 0.629. The van der Waals surface area contributed by atoms with Crippen LogP contribution in [0.2, 0.25) is 5.02 Å². The van der Waals surface area contributed by atoms with Crippen molar-refractivity contribution in [3.8, 4) is 0 Å². The van der Waals surface area contributed by atoms with Gasteiger partial charge in [0.25, 0.3) is 0 Å². The zero-order valence-corrected chi connectivity index (χ0v) is 16.1. The van der Waals surface area contributed by atoms with Crippen molar-refractivity contribution in [1.29, 1.82) is 0 Å². The van der Waals surface area contributed by atoms with Gasteiger partial charge < -0.3 is 4.57 Å². The van der Waals surface area contributed by atoms with Gasteiger partial charge in [-0.2, -0.15) is 5.10 Å². The fourth-order valence-corrected chi connectivity index (χ4v) is 3.74. The Kier molecular flexibility index (Phi) is 4.95. The van der Waals surface area contributed by atoms with Crippen LogP contribution in [0.1, 0.15) is 30.1 Å². The first-order valence-electron chi connectivity index (χ1n) is 8.93. The molecule has 2 heterocycles. The SMILES string of the molecule is Cn1c(C2CC2)nn(CN2CCN(Cc3ccc(Cl)cc3)CC2)c1=S. The molecule has 1 aromatic carbocycles. The van der Waals surface area contributed by atoms with E-state index in [0.29, 0.717) is 5.92 Å². The van der Waals surface area contributed by atoms with E-state index >= 15 is 0 Å². The third kappa shape index (κ3) is 3.97. The Labute approximate surface area is 158 Å². The molecule has 1 aliphatic carbocycles. The number of halogens is 1. The predicted octanol–water partition coefficient (Wildman–Crippen LogP) is 3.26. The third-order valence-corrected chi connectivity index (χ3v) is 5.87. The number of hydrogen-bond acceptors (Lipinski definition) is 4. The number of piperazine rings is 1. The zero-order chi connectivity index (χ0) is 17.4. The van der Waals surface area contributed by atoms with Crippen molar-refractivity contribution in [2.75, 3.05) is 26.2 Å². The fourth-order valence-electron chi connectivity index (χ4n) is 3.42. The Morgan fingerprint density at radius 3 is 2.36 bits per heavy atom. The van der Waals surface area contributed by atoms with Crippen molar-refractivity contribution in [2.45, 2.75) is 32.0 Å². The second-order valence-corrected chi connectivity index (χ2v) is 7.94. The maximum Gasteiger partial charge on any atom is 0.198 e. The van der Waals surface area contributed by atoms with Gasteiger partial charge in [-0.25, -0.2) is 4.68 Å². The molecule has 1 aromatic heterocycles. The Bertz CT molecular complexity index is 785. The molecule has 0 atom stereocenters. The minimum Gasteiger partial charge on any atom is -0.307 e. The van der Waals surface area contributed by atoms with Crippen molar-refractivity contribution in [2.24, 2.45) is 7.05 Å². The van der Waals surface area contributed by atoms with Gasteiger partial charge in [0.05, 0.1) is 6.67 Å². The van der Waals surface area contributed by atoms with Gasteiger partial charge in [-0.05, 0) is 42.8 Å². The van der Waals surface area contributed by atoms with Gasteiger partial charge in [-0.15, -0.1) is 0 Å². The molecule has 0 spiro atoms. The summed E-state index contributed by atoms with van der Waals surface area (Å²) in [7, 11) is 2.05. The first kappa shape index (κ1) is 17.2. The maximum atomic E-state index is 5.96. The van der Waals surface area contributed by atoms with Crippen LogP contribution in [0, 0.1) is 4.77 Å². The summed E-state index contributed by atoms with van der Waals surface area (Å²) in [5.41, 5.74) is 1.32. The second-order valence-electron chi connectivity index (χ2n) is 7.14. The lowest BCUT2D eigenvalue weighted by molar-refractivity contribution is 0.0979. The lowest BCUT2D eigenvalue weighted by Gasteiger charge is -2.34. The topological polar surface area (TPSA) is 29.2 Å². The summed E-state index contributed by atoms with van der Waals surface area (Å²) < 4.78 is 4.92. The molecule has 0 N–H and O–H groups in total. The Hall–Kier alpha value is -1.21. The standard InChI is InChI=1S/C18H24ClN5S/c1-21-17(15-4-5-15)20-24(18(21)25)13-23-10-8-22(9-11-23)12-14-2-6-16(19)7-3-14/h2-3,6-7,15H,4-5,8-13H2,1H3. The average molecular weight is 378 g/mol. The molecule has 25 heavy (non-hydrogen) atoms. The fraction of sp³-hybridized carbons (Fsp3) is 0.556. The molecule has 2 aromatic rings. The quantitative estimate of drug-likeness (QED) is 0.748. The van der Waals surface area contributed by atoms with Crippen LogP contribution in [0.5, 0.6) is 0 Å². The first-order chi connectivity index (χ1) is 12.1. The molecular weight excluding hydrogens is 354 g/mol. The lowest BCUT2D eigenvalue weighted by Crippen LogP contribution is -2.46. The van der Waals surface area contributed by atoms with Crippen molar-refractivity contribution in [3.05, 3.63) is 45.4 Å². The van der Waals surface area contributed by atoms with E-state index in [1.54, 1.807) is 0 Å². The number of hydrogen-bond donors (Lipinski definition) is 0. The Morgan fingerprint density at radius 1 is 1.08 bits per heavy atom. The molecule has 1 aliphatic heterocycles. The smallest absolute Gasteiger partial charge is 0.198 e. The Balaban J connectivity index is 1.32. The maximum absolute atomic E-state index is 5.96. The van der Waals surface area contributed by atoms with Crippen molar-refractivity contribution in [1.82, 2.24) is 24.1 Å². The summed E-state index contributed by atoms with van der Waals surface area (Å²) in [6.07, 6.45) is 2.51. The lowest BCUT2D eigenvalue weighted by atomic mass is 10.2. The summed E-state index contributed by atoms with van der Waals surface area (Å²) in [5.74, 6) is 1.79. The summed E-state index contributed by atoms with van der Waals surface area (Å²) in [4.78, 5) is 4.94. The second kappa shape index (κ2) is 7.19. The van der Waals surface area contributed by atoms with Gasteiger partial charge in [0.15, 0.2) is 4.77 Å².